The number of nitrogen functional groups attached to an aromatic ring is 1. The highest BCUT2D eigenvalue weighted by Gasteiger charge is 2.31. The first-order chi connectivity index (χ1) is 18.5. The van der Waals surface area contributed by atoms with E-state index in [4.69, 9.17) is 11.5 Å². The van der Waals surface area contributed by atoms with Gasteiger partial charge in [-0.05, 0) is 63.1 Å². The van der Waals surface area contributed by atoms with Crippen LogP contribution in [0.5, 0.6) is 0 Å². The van der Waals surface area contributed by atoms with Gasteiger partial charge in [0.15, 0.2) is 0 Å². The van der Waals surface area contributed by atoms with E-state index < -0.39 is 23.7 Å². The third-order valence-corrected chi connectivity index (χ3v) is 6.96. The zero-order valence-corrected chi connectivity index (χ0v) is 21.7. The molecule has 1 atom stereocenters. The molecular weight excluding hydrogens is 511 g/mol. The molecule has 39 heavy (non-hydrogen) atoms. The fourth-order valence-corrected chi connectivity index (χ4v) is 4.90. The first-order valence-corrected chi connectivity index (χ1v) is 12.6. The van der Waals surface area contributed by atoms with E-state index in [1.807, 2.05) is 0 Å². The Morgan fingerprint density at radius 1 is 1.18 bits per heavy atom. The third kappa shape index (κ3) is 5.92. The molecular formula is C27H30F3N7O2. The van der Waals surface area contributed by atoms with Crippen molar-refractivity contribution >= 4 is 17.6 Å². The van der Waals surface area contributed by atoms with Gasteiger partial charge in [-0.25, -0.2) is 4.68 Å². The van der Waals surface area contributed by atoms with Crippen molar-refractivity contribution < 1.29 is 22.8 Å². The number of nitrogens with two attached hydrogens (primary N) is 2. The van der Waals surface area contributed by atoms with Crippen LogP contribution >= 0.6 is 0 Å². The van der Waals surface area contributed by atoms with E-state index in [-0.39, 0.29) is 29.0 Å². The smallest absolute Gasteiger partial charge is 0.383 e. The lowest BCUT2D eigenvalue weighted by Crippen LogP contribution is -2.34. The zero-order valence-electron chi connectivity index (χ0n) is 21.7. The summed E-state index contributed by atoms with van der Waals surface area (Å²) in [7, 11) is 0. The molecule has 1 aromatic carbocycles. The summed E-state index contributed by atoms with van der Waals surface area (Å²) in [6, 6.07) is 4.43. The highest BCUT2D eigenvalue weighted by Crippen LogP contribution is 2.34. The Kier molecular flexibility index (Phi) is 7.99. The summed E-state index contributed by atoms with van der Waals surface area (Å²) in [5.41, 5.74) is 12.5. The number of carbonyl (C=O) groups excluding carboxylic acids is 2. The Hall–Kier alpha value is -4.27. The molecule has 0 saturated carbocycles. The van der Waals surface area contributed by atoms with Crippen LogP contribution in [0.15, 0.2) is 36.7 Å². The summed E-state index contributed by atoms with van der Waals surface area (Å²) in [5, 5.41) is 8.98. The number of amides is 2. The Balaban J connectivity index is 1.60. The van der Waals surface area contributed by atoms with Gasteiger partial charge >= 0.3 is 6.18 Å². The van der Waals surface area contributed by atoms with Gasteiger partial charge in [0.2, 0.25) is 0 Å². The number of primary amides is 1. The Labute approximate surface area is 223 Å². The van der Waals surface area contributed by atoms with Gasteiger partial charge in [0.1, 0.15) is 17.1 Å². The first kappa shape index (κ1) is 27.8. The molecule has 0 bridgehead atoms. The van der Waals surface area contributed by atoms with E-state index in [2.05, 4.69) is 22.0 Å². The average Bonchev–Trinajstić information content (AvgIpc) is 3.48. The molecule has 0 aliphatic carbocycles. The molecule has 9 nitrogen and oxygen atoms in total. The van der Waals surface area contributed by atoms with Gasteiger partial charge < -0.3 is 16.4 Å². The predicted molar refractivity (Wildman–Crippen MR) is 139 cm³/mol. The van der Waals surface area contributed by atoms with Gasteiger partial charge in [-0.2, -0.15) is 23.4 Å². The number of aromatic nitrogens is 4. The van der Waals surface area contributed by atoms with Gasteiger partial charge in [-0.3, -0.25) is 14.3 Å². The second kappa shape index (κ2) is 11.2. The molecule has 4 N–H and O–H groups in total. The summed E-state index contributed by atoms with van der Waals surface area (Å²) in [5.74, 6) is 4.43. The van der Waals surface area contributed by atoms with Crippen LogP contribution in [0.4, 0.5) is 19.0 Å². The van der Waals surface area contributed by atoms with Gasteiger partial charge in [-0.15, -0.1) is 0 Å². The van der Waals surface area contributed by atoms with Gasteiger partial charge in [-0.1, -0.05) is 18.1 Å². The molecule has 3 aromatic rings. The number of hydrogen-bond acceptors (Lipinski definition) is 5. The lowest BCUT2D eigenvalue weighted by atomic mass is 10.0. The number of rotatable bonds is 5. The number of likely N-dealkylation sites (tertiary alicyclic amines) is 1. The minimum absolute atomic E-state index is 0.0679. The minimum Gasteiger partial charge on any atom is -0.383 e. The van der Waals surface area contributed by atoms with Gasteiger partial charge in [0.05, 0.1) is 23.8 Å². The lowest BCUT2D eigenvalue weighted by molar-refractivity contribution is -0.137. The van der Waals surface area contributed by atoms with Crippen molar-refractivity contribution in [2.75, 3.05) is 18.8 Å². The van der Waals surface area contributed by atoms with E-state index >= 15 is 0 Å². The second-order valence-corrected chi connectivity index (χ2v) is 9.53. The van der Waals surface area contributed by atoms with E-state index in [0.29, 0.717) is 49.9 Å². The number of carbonyl (C=O) groups is 2. The van der Waals surface area contributed by atoms with Crippen molar-refractivity contribution in [1.82, 2.24) is 24.5 Å². The predicted octanol–water partition coefficient (Wildman–Crippen LogP) is 4.02. The fraction of sp³-hybridized carbons (Fsp3) is 0.407. The van der Waals surface area contributed by atoms with E-state index in [1.54, 1.807) is 35.7 Å². The summed E-state index contributed by atoms with van der Waals surface area (Å²) in [4.78, 5) is 26.3. The number of halogens is 3. The van der Waals surface area contributed by atoms with Gasteiger partial charge in [0, 0.05) is 24.8 Å². The third-order valence-electron chi connectivity index (χ3n) is 6.96. The molecule has 12 heteroatoms. The number of hydrogen-bond donors (Lipinski definition) is 2. The first-order valence-electron chi connectivity index (χ1n) is 12.6. The van der Waals surface area contributed by atoms with Crippen LogP contribution in [-0.4, -0.2) is 49.4 Å². The van der Waals surface area contributed by atoms with E-state index in [9.17, 15) is 22.8 Å². The van der Waals surface area contributed by atoms with Crippen LogP contribution in [0.1, 0.15) is 73.1 Å². The minimum atomic E-state index is -4.46. The van der Waals surface area contributed by atoms with E-state index in [1.165, 1.54) is 16.9 Å². The van der Waals surface area contributed by atoms with Crippen LogP contribution in [0.25, 0.3) is 11.3 Å². The number of alkyl halides is 3. The van der Waals surface area contributed by atoms with Crippen molar-refractivity contribution in [3.8, 4) is 23.1 Å². The molecule has 2 aromatic heterocycles. The highest BCUT2D eigenvalue weighted by molar-refractivity contribution is 6.03. The Bertz CT molecular complexity index is 1420. The lowest BCUT2D eigenvalue weighted by Gasteiger charge is -2.27. The number of anilines is 1. The van der Waals surface area contributed by atoms with Crippen LogP contribution in [-0.2, 0) is 11.0 Å². The molecule has 0 radical (unpaired) electrons. The van der Waals surface area contributed by atoms with E-state index in [0.717, 1.165) is 12.1 Å². The molecule has 2 amide bonds. The topological polar surface area (TPSA) is 125 Å². The van der Waals surface area contributed by atoms with Crippen LogP contribution < -0.4 is 11.5 Å². The average molecular weight is 542 g/mol. The number of benzene rings is 1. The summed E-state index contributed by atoms with van der Waals surface area (Å²) >= 11 is 0. The maximum absolute atomic E-state index is 13.2. The molecule has 1 aliphatic rings. The van der Waals surface area contributed by atoms with Crippen molar-refractivity contribution in [3.63, 3.8) is 0 Å². The molecule has 1 fully saturated rings. The Morgan fingerprint density at radius 2 is 1.87 bits per heavy atom. The molecule has 0 unspecified atom stereocenters. The fourth-order valence-electron chi connectivity index (χ4n) is 4.90. The molecule has 3 heterocycles. The molecule has 1 saturated heterocycles. The SMILES string of the molecule is CC#CC(=O)N1CCCC(n2nc(-c3cnn([C@@H](C)c4cccc(C(F)(F)F)c4)c3)c(C(N)=O)c2N)CCC1. The maximum atomic E-state index is 13.2. The quantitative estimate of drug-likeness (QED) is 0.472. The monoisotopic (exact) mass is 541 g/mol. The standard InChI is InChI=1S/C27H30F3N7O2/c1-3-7-22(38)35-12-5-10-21(11-6-13-35)37-25(31)23(26(32)39)24(34-37)19-15-33-36(16-19)17(2)18-8-4-9-20(14-18)27(28,29)30/h4,8-9,14-17,21H,5-6,10-13,31H2,1-2H3,(H2,32,39)/t17-/m0/s1. The second-order valence-electron chi connectivity index (χ2n) is 9.53. The van der Waals surface area contributed by atoms with Crippen LogP contribution in [0, 0.1) is 11.8 Å². The number of nitrogens with zero attached hydrogens (tertiary/aromatic N) is 5. The van der Waals surface area contributed by atoms with Crippen molar-refractivity contribution in [2.45, 2.75) is 57.8 Å². The zero-order chi connectivity index (χ0) is 28.3. The summed E-state index contributed by atoms with van der Waals surface area (Å²) < 4.78 is 42.7. The molecule has 1 aliphatic heterocycles. The maximum Gasteiger partial charge on any atom is 0.416 e. The van der Waals surface area contributed by atoms with Crippen molar-refractivity contribution in [2.24, 2.45) is 5.73 Å². The Morgan fingerprint density at radius 3 is 2.49 bits per heavy atom. The normalized spacial score (nSPS) is 15.7. The summed E-state index contributed by atoms with van der Waals surface area (Å²) in [6.07, 6.45) is 1.40. The molecule has 0 spiro atoms. The summed E-state index contributed by atoms with van der Waals surface area (Å²) in [6.45, 7) is 4.47. The van der Waals surface area contributed by atoms with Crippen molar-refractivity contribution in [1.29, 1.82) is 0 Å². The highest BCUT2D eigenvalue weighted by atomic mass is 19.4. The van der Waals surface area contributed by atoms with Crippen LogP contribution in [0.3, 0.4) is 0 Å². The molecule has 4 rings (SSSR count). The molecule has 206 valence electrons. The van der Waals surface area contributed by atoms with Crippen molar-refractivity contribution in [3.05, 3.63) is 53.3 Å². The largest absolute Gasteiger partial charge is 0.416 e. The van der Waals surface area contributed by atoms with Crippen LogP contribution in [0.2, 0.25) is 0 Å². The van der Waals surface area contributed by atoms with Gasteiger partial charge in [0.25, 0.3) is 11.8 Å².